The van der Waals surface area contributed by atoms with Gasteiger partial charge >= 0.3 is 0 Å². The summed E-state index contributed by atoms with van der Waals surface area (Å²) in [5, 5.41) is 9.78. The maximum absolute atomic E-state index is 12.7. The van der Waals surface area contributed by atoms with Crippen molar-refractivity contribution in [3.8, 4) is 0 Å². The Hall–Kier alpha value is -1.22. The van der Waals surface area contributed by atoms with Crippen molar-refractivity contribution in [2.75, 3.05) is 6.54 Å². The Morgan fingerprint density at radius 1 is 1.24 bits per heavy atom. The molecular formula is C14H18FNO. The fraction of sp³-hybridized carbons (Fsp3) is 0.500. The first-order valence-corrected chi connectivity index (χ1v) is 6.19. The summed E-state index contributed by atoms with van der Waals surface area (Å²) < 4.78 is 12.7. The van der Waals surface area contributed by atoms with E-state index in [0.717, 1.165) is 24.8 Å². The van der Waals surface area contributed by atoms with Gasteiger partial charge in [-0.2, -0.15) is 0 Å². The largest absolute Gasteiger partial charge is 0.393 e. The maximum Gasteiger partial charge on any atom is 0.123 e. The molecule has 0 saturated heterocycles. The van der Waals surface area contributed by atoms with Crippen molar-refractivity contribution in [1.29, 1.82) is 0 Å². The zero-order valence-corrected chi connectivity index (χ0v) is 9.85. The molecule has 0 aliphatic heterocycles. The van der Waals surface area contributed by atoms with Gasteiger partial charge < -0.3 is 5.11 Å². The van der Waals surface area contributed by atoms with Crippen molar-refractivity contribution in [2.45, 2.75) is 31.8 Å². The fourth-order valence-electron chi connectivity index (χ4n) is 2.24. The van der Waals surface area contributed by atoms with Crippen molar-refractivity contribution in [2.24, 2.45) is 10.9 Å². The molecule has 2 rings (SSSR count). The summed E-state index contributed by atoms with van der Waals surface area (Å²) in [6.07, 6.45) is 5.82. The molecule has 1 aromatic rings. The number of aliphatic imine (C=N–C) groups is 1. The molecule has 0 spiro atoms. The molecule has 1 aliphatic carbocycles. The predicted molar refractivity (Wildman–Crippen MR) is 66.8 cm³/mol. The number of nitrogens with zero attached hydrogens (tertiary/aromatic N) is 1. The molecule has 1 saturated carbocycles. The van der Waals surface area contributed by atoms with Crippen molar-refractivity contribution >= 4 is 6.21 Å². The van der Waals surface area contributed by atoms with Crippen LogP contribution in [0.25, 0.3) is 0 Å². The van der Waals surface area contributed by atoms with Crippen LogP contribution in [0.5, 0.6) is 0 Å². The molecule has 0 bridgehead atoms. The van der Waals surface area contributed by atoms with Gasteiger partial charge in [0.05, 0.1) is 6.10 Å². The first-order chi connectivity index (χ1) is 8.25. The lowest BCUT2D eigenvalue weighted by atomic mass is 9.87. The van der Waals surface area contributed by atoms with Crippen LogP contribution in [0, 0.1) is 11.7 Å². The van der Waals surface area contributed by atoms with Crippen LogP contribution in [-0.2, 0) is 0 Å². The van der Waals surface area contributed by atoms with Crippen LogP contribution in [0.1, 0.15) is 31.2 Å². The normalized spacial score (nSPS) is 25.3. The monoisotopic (exact) mass is 235 g/mol. The smallest absolute Gasteiger partial charge is 0.123 e. The van der Waals surface area contributed by atoms with E-state index in [1.54, 1.807) is 18.3 Å². The van der Waals surface area contributed by atoms with E-state index in [9.17, 15) is 9.50 Å². The van der Waals surface area contributed by atoms with Crippen molar-refractivity contribution in [3.63, 3.8) is 0 Å². The quantitative estimate of drug-likeness (QED) is 0.803. The van der Waals surface area contributed by atoms with Gasteiger partial charge in [0.15, 0.2) is 0 Å². The molecule has 0 unspecified atom stereocenters. The van der Waals surface area contributed by atoms with Crippen LogP contribution in [0.15, 0.2) is 29.3 Å². The van der Waals surface area contributed by atoms with Gasteiger partial charge in [0, 0.05) is 18.7 Å². The van der Waals surface area contributed by atoms with Crippen molar-refractivity contribution in [1.82, 2.24) is 0 Å². The summed E-state index contributed by atoms with van der Waals surface area (Å²) in [7, 11) is 0. The highest BCUT2D eigenvalue weighted by Crippen LogP contribution is 2.24. The topological polar surface area (TPSA) is 32.6 Å². The summed E-state index contributed by atoms with van der Waals surface area (Å²) in [6.45, 7) is 0.665. The third-order valence-electron chi connectivity index (χ3n) is 3.32. The molecule has 0 amide bonds. The third-order valence-corrected chi connectivity index (χ3v) is 3.32. The van der Waals surface area contributed by atoms with Crippen molar-refractivity contribution in [3.05, 3.63) is 35.6 Å². The fourth-order valence-corrected chi connectivity index (χ4v) is 2.24. The Labute approximate surface area is 101 Å². The van der Waals surface area contributed by atoms with Crippen LogP contribution in [0.4, 0.5) is 4.39 Å². The minimum absolute atomic E-state index is 0.200. The van der Waals surface area contributed by atoms with Crippen LogP contribution < -0.4 is 0 Å². The average molecular weight is 235 g/mol. The van der Waals surface area contributed by atoms with E-state index in [0.29, 0.717) is 12.5 Å². The number of rotatable bonds is 3. The zero-order chi connectivity index (χ0) is 12.1. The zero-order valence-electron chi connectivity index (χ0n) is 9.85. The number of benzene rings is 1. The number of aliphatic hydroxyl groups excluding tert-OH is 1. The lowest BCUT2D eigenvalue weighted by Crippen LogP contribution is -2.26. The Kier molecular flexibility index (Phi) is 4.26. The summed E-state index contributed by atoms with van der Waals surface area (Å²) in [5.74, 6) is 0.0605. The molecule has 0 aromatic heterocycles. The Balaban J connectivity index is 1.86. The molecule has 1 N–H and O–H groups in total. The molecular weight excluding hydrogens is 217 g/mol. The first-order valence-electron chi connectivity index (χ1n) is 6.19. The van der Waals surface area contributed by atoms with E-state index in [1.165, 1.54) is 18.6 Å². The Bertz CT molecular complexity index is 374. The van der Waals surface area contributed by atoms with Crippen LogP contribution in [0.3, 0.4) is 0 Å². The standard InChI is InChI=1S/C14H18FNO/c15-13-7-5-11(6-8-13)9-16-10-12-3-1-2-4-14(12)17/h5-9,12,14,17H,1-4,10H2/t12-,14+/m1/s1. The minimum Gasteiger partial charge on any atom is -0.393 e. The van der Waals surface area contributed by atoms with Crippen LogP contribution in [-0.4, -0.2) is 24.0 Å². The predicted octanol–water partition coefficient (Wildman–Crippen LogP) is 2.80. The van der Waals surface area contributed by atoms with E-state index < -0.39 is 0 Å². The van der Waals surface area contributed by atoms with Gasteiger partial charge in [-0.05, 0) is 30.5 Å². The average Bonchev–Trinajstić information content (AvgIpc) is 2.34. The van der Waals surface area contributed by atoms with Gasteiger partial charge in [-0.25, -0.2) is 4.39 Å². The highest BCUT2D eigenvalue weighted by Gasteiger charge is 2.21. The number of hydrogen-bond donors (Lipinski definition) is 1. The van der Waals surface area contributed by atoms with Crippen molar-refractivity contribution < 1.29 is 9.50 Å². The molecule has 1 aliphatic rings. The van der Waals surface area contributed by atoms with Gasteiger partial charge in [0.25, 0.3) is 0 Å². The second-order valence-electron chi connectivity index (χ2n) is 4.66. The summed E-state index contributed by atoms with van der Waals surface area (Å²) in [5.41, 5.74) is 0.900. The van der Waals surface area contributed by atoms with Gasteiger partial charge in [-0.1, -0.05) is 25.0 Å². The number of aliphatic hydroxyl groups is 1. The highest BCUT2D eigenvalue weighted by molar-refractivity contribution is 5.79. The summed E-state index contributed by atoms with van der Waals surface area (Å²) in [6, 6.07) is 6.26. The van der Waals surface area contributed by atoms with Gasteiger partial charge in [-0.3, -0.25) is 4.99 Å². The van der Waals surface area contributed by atoms with Gasteiger partial charge in [0.2, 0.25) is 0 Å². The highest BCUT2D eigenvalue weighted by atomic mass is 19.1. The van der Waals surface area contributed by atoms with E-state index in [1.807, 2.05) is 0 Å². The second kappa shape index (κ2) is 5.92. The summed E-state index contributed by atoms with van der Waals surface area (Å²) in [4.78, 5) is 4.34. The minimum atomic E-state index is -0.232. The van der Waals surface area contributed by atoms with E-state index in [2.05, 4.69) is 4.99 Å². The van der Waals surface area contributed by atoms with Crippen LogP contribution >= 0.6 is 0 Å². The van der Waals surface area contributed by atoms with Gasteiger partial charge in [0.1, 0.15) is 5.82 Å². The molecule has 17 heavy (non-hydrogen) atoms. The first kappa shape index (κ1) is 12.2. The Morgan fingerprint density at radius 2 is 1.94 bits per heavy atom. The molecule has 0 heterocycles. The molecule has 2 nitrogen and oxygen atoms in total. The molecule has 1 aromatic carbocycles. The number of halogens is 1. The lowest BCUT2D eigenvalue weighted by molar-refractivity contribution is 0.0746. The number of hydrogen-bond acceptors (Lipinski definition) is 2. The summed E-state index contributed by atoms with van der Waals surface area (Å²) >= 11 is 0. The lowest BCUT2D eigenvalue weighted by Gasteiger charge is -2.25. The van der Waals surface area contributed by atoms with Gasteiger partial charge in [-0.15, -0.1) is 0 Å². The SMILES string of the molecule is O[C@H]1CCCC[C@@H]1CN=Cc1ccc(F)cc1. The van der Waals surface area contributed by atoms with E-state index in [-0.39, 0.29) is 11.9 Å². The molecule has 2 atom stereocenters. The molecule has 92 valence electrons. The van der Waals surface area contributed by atoms with E-state index in [4.69, 9.17) is 0 Å². The van der Waals surface area contributed by atoms with Crippen LogP contribution in [0.2, 0.25) is 0 Å². The maximum atomic E-state index is 12.7. The second-order valence-corrected chi connectivity index (χ2v) is 4.66. The molecule has 0 radical (unpaired) electrons. The molecule has 1 fully saturated rings. The Morgan fingerprint density at radius 3 is 2.65 bits per heavy atom. The molecule has 3 heteroatoms. The third kappa shape index (κ3) is 3.63. The van der Waals surface area contributed by atoms with E-state index >= 15 is 0 Å².